The van der Waals surface area contributed by atoms with Crippen molar-refractivity contribution in [3.05, 3.63) is 29.8 Å². The van der Waals surface area contributed by atoms with E-state index in [1.165, 1.54) is 26.0 Å². The smallest absolute Gasteiger partial charge is 0.240 e. The van der Waals surface area contributed by atoms with Gasteiger partial charge in [0.05, 0.1) is 18.0 Å². The van der Waals surface area contributed by atoms with Gasteiger partial charge in [0.15, 0.2) is 0 Å². The summed E-state index contributed by atoms with van der Waals surface area (Å²) < 4.78 is 31.6. The third-order valence-corrected chi connectivity index (χ3v) is 5.17. The van der Waals surface area contributed by atoms with Gasteiger partial charge in [-0.1, -0.05) is 12.1 Å². The number of halogens is 1. The first kappa shape index (κ1) is 21.9. The highest BCUT2D eigenvalue weighted by Crippen LogP contribution is 2.27. The van der Waals surface area contributed by atoms with Crippen molar-refractivity contribution in [3.8, 4) is 0 Å². The summed E-state index contributed by atoms with van der Waals surface area (Å²) in [7, 11) is -2.05. The van der Waals surface area contributed by atoms with Crippen LogP contribution in [0.5, 0.6) is 0 Å². The van der Waals surface area contributed by atoms with Gasteiger partial charge in [-0.25, -0.2) is 13.1 Å². The molecule has 1 fully saturated rings. The van der Waals surface area contributed by atoms with Crippen LogP contribution in [-0.2, 0) is 26.1 Å². The largest absolute Gasteiger partial charge is 0.383 e. The van der Waals surface area contributed by atoms with Crippen LogP contribution in [0.15, 0.2) is 29.2 Å². The quantitative estimate of drug-likeness (QED) is 0.481. The van der Waals surface area contributed by atoms with Crippen LogP contribution in [0, 0.1) is 5.92 Å². The monoisotopic (exact) mass is 391 g/mol. The Bertz CT molecular complexity index is 651. The summed E-state index contributed by atoms with van der Waals surface area (Å²) in [5.41, 5.74) is 0.736. The van der Waals surface area contributed by atoms with E-state index < -0.39 is 10.0 Å². The van der Waals surface area contributed by atoms with Crippen molar-refractivity contribution in [2.45, 2.75) is 24.3 Å². The van der Waals surface area contributed by atoms with Gasteiger partial charge < -0.3 is 15.4 Å². The van der Waals surface area contributed by atoms with Crippen molar-refractivity contribution < 1.29 is 17.9 Å². The molecule has 0 unspecified atom stereocenters. The minimum atomic E-state index is -3.57. The fraction of sp³-hybridized carbons (Fsp3) is 0.562. The van der Waals surface area contributed by atoms with Crippen LogP contribution in [0.3, 0.4) is 0 Å². The zero-order valence-electron chi connectivity index (χ0n) is 14.3. The maximum absolute atomic E-state index is 12.1. The van der Waals surface area contributed by atoms with Gasteiger partial charge in [0.25, 0.3) is 0 Å². The molecule has 1 aliphatic carbocycles. The molecule has 0 saturated heterocycles. The van der Waals surface area contributed by atoms with Gasteiger partial charge in [-0.05, 0) is 43.0 Å². The predicted octanol–water partition coefficient (Wildman–Crippen LogP) is 0.649. The van der Waals surface area contributed by atoms with Crippen molar-refractivity contribution in [2.24, 2.45) is 5.92 Å². The number of carbonyl (C=O) groups is 1. The van der Waals surface area contributed by atoms with Crippen molar-refractivity contribution in [1.82, 2.24) is 15.4 Å². The van der Waals surface area contributed by atoms with Gasteiger partial charge in [-0.3, -0.25) is 4.79 Å². The van der Waals surface area contributed by atoms with E-state index in [4.69, 9.17) is 4.74 Å². The molecule has 7 nitrogen and oxygen atoms in total. The van der Waals surface area contributed by atoms with Crippen LogP contribution in [0.1, 0.15) is 18.4 Å². The lowest BCUT2D eigenvalue weighted by Crippen LogP contribution is -2.34. The Labute approximate surface area is 155 Å². The van der Waals surface area contributed by atoms with E-state index in [2.05, 4.69) is 15.4 Å². The van der Waals surface area contributed by atoms with E-state index in [-0.39, 0.29) is 36.3 Å². The van der Waals surface area contributed by atoms with Gasteiger partial charge >= 0.3 is 0 Å². The molecule has 0 aliphatic heterocycles. The Hall–Kier alpha value is -1.19. The molecule has 9 heteroatoms. The maximum Gasteiger partial charge on any atom is 0.240 e. The van der Waals surface area contributed by atoms with E-state index in [9.17, 15) is 13.2 Å². The average molecular weight is 392 g/mol. The van der Waals surface area contributed by atoms with Crippen LogP contribution in [0.2, 0.25) is 0 Å². The molecule has 2 rings (SSSR count). The van der Waals surface area contributed by atoms with E-state index in [0.717, 1.165) is 18.0 Å². The minimum absolute atomic E-state index is 0. The fourth-order valence-corrected chi connectivity index (χ4v) is 3.24. The van der Waals surface area contributed by atoms with Crippen LogP contribution in [0.4, 0.5) is 0 Å². The summed E-state index contributed by atoms with van der Waals surface area (Å²) in [4.78, 5) is 11.9. The highest BCUT2D eigenvalue weighted by Gasteiger charge is 2.20. The Morgan fingerprint density at radius 1 is 1.32 bits per heavy atom. The number of rotatable bonds is 11. The Balaban J connectivity index is 0.00000312. The normalized spacial score (nSPS) is 14.0. The van der Waals surface area contributed by atoms with Crippen molar-refractivity contribution >= 4 is 28.3 Å². The van der Waals surface area contributed by atoms with Crippen molar-refractivity contribution in [3.63, 3.8) is 0 Å². The Kier molecular flexibility index (Phi) is 9.37. The van der Waals surface area contributed by atoms with Gasteiger partial charge in [0, 0.05) is 20.2 Å². The molecule has 142 valence electrons. The molecule has 0 radical (unpaired) electrons. The third-order valence-electron chi connectivity index (χ3n) is 3.71. The molecule has 1 amide bonds. The number of carbonyl (C=O) groups excluding carboxylic acids is 1. The number of benzene rings is 1. The summed E-state index contributed by atoms with van der Waals surface area (Å²) in [6.45, 7) is 1.99. The first-order chi connectivity index (χ1) is 11.5. The minimum Gasteiger partial charge on any atom is -0.383 e. The summed E-state index contributed by atoms with van der Waals surface area (Å²) in [6, 6.07) is 6.54. The van der Waals surface area contributed by atoms with Gasteiger partial charge in [-0.2, -0.15) is 0 Å². The number of sulfonamides is 1. The number of methoxy groups -OCH3 is 1. The third kappa shape index (κ3) is 8.15. The summed E-state index contributed by atoms with van der Waals surface area (Å²) >= 11 is 0. The Morgan fingerprint density at radius 2 is 2.08 bits per heavy atom. The molecule has 0 heterocycles. The number of nitrogens with one attached hydrogen (secondary N) is 3. The highest BCUT2D eigenvalue weighted by atomic mass is 35.5. The molecule has 1 aromatic rings. The van der Waals surface area contributed by atoms with Crippen molar-refractivity contribution in [2.75, 3.05) is 33.4 Å². The van der Waals surface area contributed by atoms with Crippen LogP contribution >= 0.6 is 12.4 Å². The van der Waals surface area contributed by atoms with Gasteiger partial charge in [0.2, 0.25) is 15.9 Å². The number of ether oxygens (including phenoxy) is 1. The van der Waals surface area contributed by atoms with Crippen LogP contribution in [-0.4, -0.2) is 47.7 Å². The number of hydrogen-bond donors (Lipinski definition) is 3. The highest BCUT2D eigenvalue weighted by molar-refractivity contribution is 7.89. The van der Waals surface area contributed by atoms with Crippen molar-refractivity contribution in [1.29, 1.82) is 0 Å². The number of amides is 1. The lowest BCUT2D eigenvalue weighted by Gasteiger charge is -2.09. The lowest BCUT2D eigenvalue weighted by atomic mass is 10.2. The summed E-state index contributed by atoms with van der Waals surface area (Å²) in [6.07, 6.45) is 2.49. The first-order valence-electron chi connectivity index (χ1n) is 8.06. The molecule has 25 heavy (non-hydrogen) atoms. The molecule has 1 aliphatic rings. The van der Waals surface area contributed by atoms with E-state index >= 15 is 0 Å². The molecule has 0 atom stereocenters. The van der Waals surface area contributed by atoms with Crippen LogP contribution in [0.25, 0.3) is 0 Å². The lowest BCUT2D eigenvalue weighted by molar-refractivity contribution is -0.120. The first-order valence-corrected chi connectivity index (χ1v) is 9.54. The molecule has 0 spiro atoms. The van der Waals surface area contributed by atoms with Gasteiger partial charge in [0.1, 0.15) is 0 Å². The standard InChI is InChI=1S/C16H25N3O4S.ClH/c1-23-8-7-19-24(21,22)15-4-2-3-14(9-15)11-18-16(20)12-17-10-13-5-6-13;/h2-4,9,13,17,19H,5-8,10-12H2,1H3,(H,18,20);1H. The second kappa shape index (κ2) is 10.7. The maximum atomic E-state index is 12.1. The fourth-order valence-electron chi connectivity index (χ4n) is 2.16. The summed E-state index contributed by atoms with van der Waals surface area (Å²) in [5.74, 6) is 0.632. The van der Waals surface area contributed by atoms with Gasteiger partial charge in [-0.15, -0.1) is 12.4 Å². The zero-order chi connectivity index (χ0) is 17.4. The average Bonchev–Trinajstić information content (AvgIpc) is 3.38. The Morgan fingerprint density at radius 3 is 2.76 bits per heavy atom. The predicted molar refractivity (Wildman–Crippen MR) is 98.2 cm³/mol. The summed E-state index contributed by atoms with van der Waals surface area (Å²) in [5, 5.41) is 5.91. The SMILES string of the molecule is COCCNS(=O)(=O)c1cccc(CNC(=O)CNCC2CC2)c1.Cl. The topological polar surface area (TPSA) is 96.5 Å². The van der Waals surface area contributed by atoms with E-state index in [0.29, 0.717) is 13.2 Å². The molecular weight excluding hydrogens is 366 g/mol. The second-order valence-electron chi connectivity index (χ2n) is 5.89. The van der Waals surface area contributed by atoms with E-state index in [1.54, 1.807) is 18.2 Å². The second-order valence-corrected chi connectivity index (χ2v) is 7.66. The van der Waals surface area contributed by atoms with Crippen LogP contribution < -0.4 is 15.4 Å². The molecule has 0 aromatic heterocycles. The molecule has 3 N–H and O–H groups in total. The molecular formula is C16H26ClN3O4S. The molecule has 1 aromatic carbocycles. The van der Waals surface area contributed by atoms with E-state index in [1.807, 2.05) is 0 Å². The zero-order valence-corrected chi connectivity index (χ0v) is 15.9. The molecule has 0 bridgehead atoms. The number of hydrogen-bond acceptors (Lipinski definition) is 5. The molecule has 1 saturated carbocycles.